The van der Waals surface area contributed by atoms with Crippen LogP contribution in [0.5, 0.6) is 0 Å². The van der Waals surface area contributed by atoms with E-state index in [-0.39, 0.29) is 21.2 Å². The third kappa shape index (κ3) is 22.7. The van der Waals surface area contributed by atoms with Crippen molar-refractivity contribution in [2.75, 3.05) is 0 Å². The monoisotopic (exact) mass is 740 g/mol. The van der Waals surface area contributed by atoms with E-state index in [1.807, 2.05) is 0 Å². The van der Waals surface area contributed by atoms with Crippen LogP contribution in [-0.2, 0) is 12.8 Å². The summed E-state index contributed by atoms with van der Waals surface area (Å²) in [6, 6.07) is 19.0. The first kappa shape index (κ1) is 33.6. The van der Waals surface area contributed by atoms with Gasteiger partial charge in [-0.2, -0.15) is 0 Å². The number of aryl methyl sites for hydroxylation is 2. The number of hydrogen-bond donors (Lipinski definition) is 0. The van der Waals surface area contributed by atoms with E-state index in [1.165, 1.54) is 101 Å². The van der Waals surface area contributed by atoms with Gasteiger partial charge in [0.2, 0.25) is 0 Å². The molecule has 0 radical (unpaired) electrons. The molecule has 0 amide bonds. The van der Waals surface area contributed by atoms with Crippen LogP contribution >= 0.6 is 0 Å². The third-order valence-electron chi connectivity index (χ3n) is 5.68. The van der Waals surface area contributed by atoms with Gasteiger partial charge in [-0.3, -0.25) is 0 Å². The maximum absolute atomic E-state index is 11.2. The van der Waals surface area contributed by atoms with Crippen molar-refractivity contribution < 1.29 is 38.1 Å². The number of halogens is 7. The van der Waals surface area contributed by atoms with Crippen LogP contribution < -0.4 is 21.2 Å². The number of rotatable bonds is 16. The summed E-state index contributed by atoms with van der Waals surface area (Å²) in [5.74, 6) is 0. The van der Waals surface area contributed by atoms with E-state index in [1.54, 1.807) is 7.14 Å². The molecule has 0 spiro atoms. The molecule has 2 rings (SSSR count). The molecule has 0 nitrogen and oxygen atoms in total. The van der Waals surface area contributed by atoms with Gasteiger partial charge in [-0.15, -0.1) is 0 Å². The Morgan fingerprint density at radius 3 is 1.06 bits per heavy atom. The van der Waals surface area contributed by atoms with Crippen molar-refractivity contribution in [1.82, 2.24) is 0 Å². The van der Waals surface area contributed by atoms with Crippen molar-refractivity contribution >= 4 is 19.5 Å². The second kappa shape index (κ2) is 15.9. The zero-order valence-electron chi connectivity index (χ0n) is 21.6. The molecule has 36 heavy (non-hydrogen) atoms. The minimum absolute atomic E-state index is 0.0450. The van der Waals surface area contributed by atoms with Crippen molar-refractivity contribution in [2.24, 2.45) is 0 Å². The molecule has 0 saturated carbocycles. The summed E-state index contributed by atoms with van der Waals surface area (Å²) in [5.41, 5.74) is 3.03. The fourth-order valence-electron chi connectivity index (χ4n) is 3.77. The molecule has 0 unspecified atom stereocenters. The van der Waals surface area contributed by atoms with E-state index in [0.29, 0.717) is 0 Å². The van der Waals surface area contributed by atoms with Crippen molar-refractivity contribution in [3.8, 4) is 0 Å². The Balaban J connectivity index is 0.000000809. The van der Waals surface area contributed by atoms with Gasteiger partial charge in [0.05, 0.1) is 0 Å². The summed E-state index contributed by atoms with van der Waals surface area (Å²) >= 11 is -11.3. The first-order chi connectivity index (χ1) is 16.8. The normalized spacial score (nSPS) is 13.4. The first-order valence-electron chi connectivity index (χ1n) is 13.2. The molecule has 0 aliphatic heterocycles. The van der Waals surface area contributed by atoms with Gasteiger partial charge >= 0.3 is 57.6 Å². The van der Waals surface area contributed by atoms with E-state index < -0.39 is 19.5 Å². The average Bonchev–Trinajstić information content (AvgIpc) is 2.78. The maximum atomic E-state index is 9.93. The molecule has 0 aliphatic rings. The summed E-state index contributed by atoms with van der Waals surface area (Å²) in [4.78, 5) is 0. The second-order valence-electron chi connectivity index (χ2n) is 9.34. The Bertz CT molecular complexity index is 765. The molecule has 2 aromatic carbocycles. The molecule has 0 aromatic heterocycles. The van der Waals surface area contributed by atoms with E-state index >= 15 is 0 Å². The molecule has 208 valence electrons. The molecule has 0 fully saturated rings. The summed E-state index contributed by atoms with van der Waals surface area (Å²) in [5, 5.41) is 0. The van der Waals surface area contributed by atoms with Crippen LogP contribution in [0.15, 0.2) is 48.5 Å². The summed E-state index contributed by atoms with van der Waals surface area (Å²) in [6.45, 7) is 4.57. The number of unbranched alkanes of at least 4 members (excludes halogenated alkanes) is 10. The van der Waals surface area contributed by atoms with Gasteiger partial charge < -0.3 is 0 Å². The van der Waals surface area contributed by atoms with Gasteiger partial charge in [-0.1, -0.05) is 102 Å². The van der Waals surface area contributed by atoms with E-state index in [9.17, 15) is 16.9 Å². The molecule has 0 aliphatic carbocycles. The van der Waals surface area contributed by atoms with Crippen molar-refractivity contribution in [2.45, 2.75) is 104 Å². The average molecular weight is 741 g/mol. The Labute approximate surface area is 226 Å². The van der Waals surface area contributed by atoms with Crippen molar-refractivity contribution in [3.63, 3.8) is 0 Å². The van der Waals surface area contributed by atoms with Crippen LogP contribution in [0.2, 0.25) is 0 Å². The predicted molar refractivity (Wildman–Crippen MR) is 137 cm³/mol. The zero-order valence-corrected chi connectivity index (χ0v) is 26.3. The Morgan fingerprint density at radius 1 is 0.472 bits per heavy atom. The first-order valence-corrected chi connectivity index (χ1v) is 21.1. The van der Waals surface area contributed by atoms with Crippen molar-refractivity contribution in [3.05, 3.63) is 66.8 Å². The quantitative estimate of drug-likeness (QED) is 0.0715. The zero-order chi connectivity index (χ0) is 27.0. The molecule has 8 heteroatoms. The van der Waals surface area contributed by atoms with Crippen LogP contribution in [-0.4, -0.2) is 19.5 Å². The molecular formula is C28H42F6ISb. The van der Waals surface area contributed by atoms with Gasteiger partial charge in [-0.25, -0.2) is 0 Å². The Kier molecular flexibility index (Phi) is 14.8. The fraction of sp³-hybridized carbons (Fsp3) is 0.571. The molecular weight excluding hydrogens is 699 g/mol. The van der Waals surface area contributed by atoms with Gasteiger partial charge in [0, 0.05) is 0 Å². The standard InChI is InChI=1S/C28H42I.6FH.Sb/c1-3-5-7-9-11-13-15-25-17-21-27(22-18-25)29-28-23-19-26(20-24-28)16-14-12-10-8-6-4-2;;;;;;;/h17-24H,3-16H2,1-2H3;6*1H;/q+1;;;;;;;+5/p-6. The van der Waals surface area contributed by atoms with Crippen LogP contribution in [0, 0.1) is 7.14 Å². The molecule has 0 saturated heterocycles. The molecule has 0 heterocycles. The Morgan fingerprint density at radius 2 is 0.750 bits per heavy atom. The predicted octanol–water partition coefficient (Wildman–Crippen LogP) is 7.76. The minimum atomic E-state index is -11.2. The molecule has 2 aromatic rings. The molecule has 0 N–H and O–H groups in total. The Hall–Kier alpha value is -0.432. The van der Waals surface area contributed by atoms with Crippen LogP contribution in [0.25, 0.3) is 0 Å². The molecule has 0 bridgehead atoms. The molecule has 0 atom stereocenters. The summed E-state index contributed by atoms with van der Waals surface area (Å²) < 4.78 is 62.6. The SMILES string of the molecule is CCCCCCCCc1ccc([I+]c2ccc(CCCCCCCC)cc2)cc1.[F][Sb-]([F])([F])([F])([F])[F]. The second-order valence-corrected chi connectivity index (χ2v) is 17.8. The van der Waals surface area contributed by atoms with Crippen LogP contribution in [0.1, 0.15) is 102 Å². The van der Waals surface area contributed by atoms with Crippen LogP contribution in [0.3, 0.4) is 0 Å². The van der Waals surface area contributed by atoms with E-state index in [4.69, 9.17) is 0 Å². The van der Waals surface area contributed by atoms with Gasteiger partial charge in [0.1, 0.15) is 0 Å². The van der Waals surface area contributed by atoms with E-state index in [0.717, 1.165) is 0 Å². The third-order valence-corrected chi connectivity index (χ3v) is 8.37. The number of benzene rings is 2. The van der Waals surface area contributed by atoms with Gasteiger partial charge in [-0.05, 0) is 61.1 Å². The van der Waals surface area contributed by atoms with Gasteiger partial charge in [0.25, 0.3) is 0 Å². The number of hydrogen-bond acceptors (Lipinski definition) is 0. The van der Waals surface area contributed by atoms with Crippen molar-refractivity contribution in [1.29, 1.82) is 0 Å². The summed E-state index contributed by atoms with van der Waals surface area (Å²) in [6.07, 6.45) is 19.1. The fourth-order valence-corrected chi connectivity index (χ4v) is 5.93. The summed E-state index contributed by atoms with van der Waals surface area (Å²) in [7, 11) is 0. The topological polar surface area (TPSA) is 0 Å². The van der Waals surface area contributed by atoms with Crippen LogP contribution in [0.4, 0.5) is 16.9 Å². The van der Waals surface area contributed by atoms with Gasteiger partial charge in [0.15, 0.2) is 7.14 Å². The van der Waals surface area contributed by atoms with E-state index in [2.05, 4.69) is 62.4 Å².